The van der Waals surface area contributed by atoms with E-state index in [1.807, 2.05) is 0 Å². The Morgan fingerprint density at radius 2 is 2.10 bits per heavy atom. The number of nitrogens with one attached hydrogen (secondary N) is 1. The third kappa shape index (κ3) is 3.41. The summed E-state index contributed by atoms with van der Waals surface area (Å²) < 4.78 is 32.7. The van der Waals surface area contributed by atoms with Crippen molar-refractivity contribution < 1.29 is 12.8 Å². The average molecular weight is 380 g/mol. The zero-order valence-electron chi connectivity index (χ0n) is 10.8. The first kappa shape index (κ1) is 15.5. The molecule has 8 heteroatoms. The van der Waals surface area contributed by atoms with Crippen molar-refractivity contribution >= 4 is 37.6 Å². The summed E-state index contributed by atoms with van der Waals surface area (Å²) in [6, 6.07) is 4.57. The van der Waals surface area contributed by atoms with Crippen molar-refractivity contribution in [3.05, 3.63) is 45.0 Å². The molecule has 0 aliphatic heterocycles. The molecule has 1 aromatic carbocycles. The van der Waals surface area contributed by atoms with Crippen molar-refractivity contribution in [1.29, 1.82) is 0 Å². The number of rotatable bonds is 4. The van der Waals surface area contributed by atoms with Gasteiger partial charge in [0.2, 0.25) is 15.9 Å². The summed E-state index contributed by atoms with van der Waals surface area (Å²) in [5.41, 5.74) is 0.737. The molecule has 2 aromatic rings. The third-order valence-electron chi connectivity index (χ3n) is 2.67. The van der Waals surface area contributed by atoms with Crippen LogP contribution in [-0.4, -0.2) is 13.4 Å². The Morgan fingerprint density at radius 3 is 2.65 bits per heavy atom. The van der Waals surface area contributed by atoms with E-state index in [-0.39, 0.29) is 16.5 Å². The quantitative estimate of drug-likeness (QED) is 0.885. The molecule has 0 unspecified atom stereocenters. The third-order valence-corrected chi connectivity index (χ3v) is 5.05. The number of nitrogens with zero attached hydrogens (tertiary/aromatic N) is 1. The molecule has 0 aliphatic rings. The number of aromatic nitrogens is 1. The van der Waals surface area contributed by atoms with Crippen LogP contribution in [0.25, 0.3) is 0 Å². The number of halogens is 2. The molecule has 1 heterocycles. The standard InChI is InChI=1S/C12H12BrClN2O3S/c1-7-8(2)19-12(16-7)6-15-20(17,18)11-4-3-9(13)5-10(11)14/h3-5,15H,6H2,1-2H3. The molecule has 0 saturated heterocycles. The zero-order valence-corrected chi connectivity index (χ0v) is 13.9. The first-order chi connectivity index (χ1) is 9.29. The first-order valence-electron chi connectivity index (χ1n) is 5.67. The fraction of sp³-hybridized carbons (Fsp3) is 0.250. The molecule has 5 nitrogen and oxygen atoms in total. The van der Waals surface area contributed by atoms with Gasteiger partial charge >= 0.3 is 0 Å². The van der Waals surface area contributed by atoms with Gasteiger partial charge in [-0.05, 0) is 32.0 Å². The van der Waals surface area contributed by atoms with Crippen LogP contribution in [0.4, 0.5) is 0 Å². The zero-order chi connectivity index (χ0) is 14.9. The maximum atomic E-state index is 12.1. The van der Waals surface area contributed by atoms with Gasteiger partial charge in [-0.25, -0.2) is 18.1 Å². The van der Waals surface area contributed by atoms with Gasteiger partial charge in [-0.15, -0.1) is 0 Å². The number of sulfonamides is 1. The van der Waals surface area contributed by atoms with Crippen LogP contribution in [0, 0.1) is 13.8 Å². The maximum absolute atomic E-state index is 12.1. The summed E-state index contributed by atoms with van der Waals surface area (Å²) in [5, 5.41) is 0.145. The van der Waals surface area contributed by atoms with Gasteiger partial charge in [-0.3, -0.25) is 0 Å². The minimum Gasteiger partial charge on any atom is -0.444 e. The number of oxazole rings is 1. The lowest BCUT2D eigenvalue weighted by atomic mass is 10.4. The van der Waals surface area contributed by atoms with Crippen LogP contribution in [-0.2, 0) is 16.6 Å². The van der Waals surface area contributed by atoms with E-state index in [9.17, 15) is 8.42 Å². The average Bonchev–Trinajstić information content (AvgIpc) is 2.66. The Balaban J connectivity index is 2.19. The minimum absolute atomic E-state index is 0.0161. The molecule has 108 valence electrons. The van der Waals surface area contributed by atoms with E-state index in [2.05, 4.69) is 25.6 Å². The molecule has 20 heavy (non-hydrogen) atoms. The Labute approximate surface area is 130 Å². The fourth-order valence-electron chi connectivity index (χ4n) is 1.54. The van der Waals surface area contributed by atoms with Crippen LogP contribution in [0.2, 0.25) is 5.02 Å². The second-order valence-corrected chi connectivity index (χ2v) is 7.21. The van der Waals surface area contributed by atoms with Crippen molar-refractivity contribution in [3.8, 4) is 0 Å². The highest BCUT2D eigenvalue weighted by molar-refractivity contribution is 9.10. The minimum atomic E-state index is -3.71. The monoisotopic (exact) mass is 378 g/mol. The summed E-state index contributed by atoms with van der Waals surface area (Å²) in [5.74, 6) is 0.984. The van der Waals surface area contributed by atoms with E-state index in [0.717, 1.165) is 5.69 Å². The second kappa shape index (κ2) is 5.85. The summed E-state index contributed by atoms with van der Waals surface area (Å²) in [7, 11) is -3.71. The molecule has 2 rings (SSSR count). The molecule has 0 atom stereocenters. The molecule has 0 aliphatic carbocycles. The van der Waals surface area contributed by atoms with Gasteiger partial charge < -0.3 is 4.42 Å². The normalized spacial score (nSPS) is 11.8. The van der Waals surface area contributed by atoms with Crippen LogP contribution in [0.5, 0.6) is 0 Å². The van der Waals surface area contributed by atoms with Crippen molar-refractivity contribution in [3.63, 3.8) is 0 Å². The molecule has 0 spiro atoms. The van der Waals surface area contributed by atoms with Crippen LogP contribution in [0.1, 0.15) is 17.3 Å². The van der Waals surface area contributed by atoms with Gasteiger partial charge in [0.25, 0.3) is 0 Å². The van der Waals surface area contributed by atoms with E-state index >= 15 is 0 Å². The van der Waals surface area contributed by atoms with E-state index in [1.165, 1.54) is 12.1 Å². The Hall–Kier alpha value is -0.890. The van der Waals surface area contributed by atoms with Crippen molar-refractivity contribution in [2.45, 2.75) is 25.3 Å². The summed E-state index contributed by atoms with van der Waals surface area (Å²) >= 11 is 9.16. The molecule has 1 N–H and O–H groups in total. The van der Waals surface area contributed by atoms with Gasteiger partial charge in [-0.1, -0.05) is 27.5 Å². The lowest BCUT2D eigenvalue weighted by molar-refractivity contribution is 0.463. The fourth-order valence-corrected chi connectivity index (χ4v) is 3.55. The summed E-state index contributed by atoms with van der Waals surface area (Å²) in [6.07, 6.45) is 0. The van der Waals surface area contributed by atoms with E-state index in [0.29, 0.717) is 16.1 Å². The molecule has 0 amide bonds. The maximum Gasteiger partial charge on any atom is 0.242 e. The van der Waals surface area contributed by atoms with Gasteiger partial charge in [-0.2, -0.15) is 0 Å². The van der Waals surface area contributed by atoms with Crippen LogP contribution in [0.3, 0.4) is 0 Å². The molecule has 0 saturated carbocycles. The number of benzene rings is 1. The van der Waals surface area contributed by atoms with Crippen molar-refractivity contribution in [2.75, 3.05) is 0 Å². The van der Waals surface area contributed by atoms with Crippen LogP contribution in [0.15, 0.2) is 32.0 Å². The highest BCUT2D eigenvalue weighted by atomic mass is 79.9. The van der Waals surface area contributed by atoms with Crippen LogP contribution < -0.4 is 4.72 Å². The van der Waals surface area contributed by atoms with Gasteiger partial charge in [0, 0.05) is 4.47 Å². The predicted octanol–water partition coefficient (Wildman–Crippen LogP) is 3.19. The first-order valence-corrected chi connectivity index (χ1v) is 8.32. The van der Waals surface area contributed by atoms with Gasteiger partial charge in [0.1, 0.15) is 10.7 Å². The topological polar surface area (TPSA) is 72.2 Å². The lowest BCUT2D eigenvalue weighted by Crippen LogP contribution is -2.23. The predicted molar refractivity (Wildman–Crippen MR) is 79.2 cm³/mol. The molecule has 0 fully saturated rings. The summed E-state index contributed by atoms with van der Waals surface area (Å²) in [4.78, 5) is 4.13. The Kier molecular flexibility index (Phi) is 4.53. The summed E-state index contributed by atoms with van der Waals surface area (Å²) in [6.45, 7) is 3.54. The Bertz CT molecular complexity index is 724. The van der Waals surface area contributed by atoms with Crippen molar-refractivity contribution in [1.82, 2.24) is 9.71 Å². The second-order valence-electron chi connectivity index (χ2n) is 4.15. The molecule has 0 radical (unpaired) electrons. The highest BCUT2D eigenvalue weighted by Crippen LogP contribution is 2.25. The van der Waals surface area contributed by atoms with E-state index < -0.39 is 10.0 Å². The van der Waals surface area contributed by atoms with Crippen molar-refractivity contribution in [2.24, 2.45) is 0 Å². The molecular weight excluding hydrogens is 368 g/mol. The van der Waals surface area contributed by atoms with E-state index in [1.54, 1.807) is 19.9 Å². The van der Waals surface area contributed by atoms with Crippen LogP contribution >= 0.6 is 27.5 Å². The SMILES string of the molecule is Cc1nc(CNS(=O)(=O)c2ccc(Br)cc2Cl)oc1C. The molecule has 1 aromatic heterocycles. The number of hydrogen-bond acceptors (Lipinski definition) is 4. The molecular formula is C12H12BrClN2O3S. The Morgan fingerprint density at radius 1 is 1.40 bits per heavy atom. The highest BCUT2D eigenvalue weighted by Gasteiger charge is 2.19. The van der Waals surface area contributed by atoms with E-state index in [4.69, 9.17) is 16.0 Å². The van der Waals surface area contributed by atoms with Gasteiger partial charge in [0.05, 0.1) is 17.3 Å². The number of hydrogen-bond donors (Lipinski definition) is 1. The molecule has 0 bridgehead atoms. The van der Waals surface area contributed by atoms with Gasteiger partial charge in [0.15, 0.2) is 0 Å². The smallest absolute Gasteiger partial charge is 0.242 e. The lowest BCUT2D eigenvalue weighted by Gasteiger charge is -2.07. The number of aryl methyl sites for hydroxylation is 2. The largest absolute Gasteiger partial charge is 0.444 e.